The summed E-state index contributed by atoms with van der Waals surface area (Å²) in [6.07, 6.45) is -6.42. The van der Waals surface area contributed by atoms with Gasteiger partial charge in [0.05, 0.1) is 16.2 Å². The Bertz CT molecular complexity index is 1210. The molecule has 2 aromatic rings. The van der Waals surface area contributed by atoms with Gasteiger partial charge >= 0.3 is 21.7 Å². The molecule has 2 aromatic carbocycles. The van der Waals surface area contributed by atoms with Crippen molar-refractivity contribution in [2.75, 3.05) is 5.75 Å². The molecule has 1 N–H and O–H groups in total. The van der Waals surface area contributed by atoms with E-state index in [2.05, 4.69) is 0 Å². The van der Waals surface area contributed by atoms with Crippen LogP contribution in [0.15, 0.2) is 47.4 Å². The third-order valence-corrected chi connectivity index (χ3v) is 7.69. The lowest BCUT2D eigenvalue weighted by molar-refractivity contribution is -0.137. The van der Waals surface area contributed by atoms with Crippen LogP contribution in [0.25, 0.3) is 0 Å². The number of hydrogen-bond donors (Lipinski definition) is 1. The van der Waals surface area contributed by atoms with E-state index in [9.17, 15) is 52.0 Å². The van der Waals surface area contributed by atoms with Gasteiger partial charge in [0.15, 0.2) is 9.84 Å². The average Bonchev–Trinajstić information content (AvgIpc) is 2.71. The molecule has 190 valence electrons. The number of sulfone groups is 1. The molecule has 0 aliphatic rings. The van der Waals surface area contributed by atoms with Crippen molar-refractivity contribution in [3.63, 3.8) is 0 Å². The van der Waals surface area contributed by atoms with Crippen LogP contribution in [0.1, 0.15) is 24.0 Å². The Balaban J connectivity index is 2.22. The molecule has 34 heavy (non-hydrogen) atoms. The number of halogens is 8. The normalized spacial score (nSPS) is 14.2. The lowest BCUT2D eigenvalue weighted by Gasteiger charge is -2.20. The van der Waals surface area contributed by atoms with Crippen molar-refractivity contribution in [1.82, 2.24) is 4.72 Å². The summed E-state index contributed by atoms with van der Waals surface area (Å²) in [7, 11) is -10.2. The Morgan fingerprint density at radius 3 is 1.94 bits per heavy atom. The van der Waals surface area contributed by atoms with Gasteiger partial charge in [-0.1, -0.05) is 0 Å². The van der Waals surface area contributed by atoms with Crippen LogP contribution in [0.3, 0.4) is 0 Å². The van der Waals surface area contributed by atoms with Gasteiger partial charge in [-0.2, -0.15) is 26.3 Å². The number of benzene rings is 2. The summed E-state index contributed by atoms with van der Waals surface area (Å²) >= 11 is 0. The van der Waals surface area contributed by atoms with E-state index in [0.717, 1.165) is 18.2 Å². The van der Waals surface area contributed by atoms with Gasteiger partial charge in [0.2, 0.25) is 0 Å². The second kappa shape index (κ2) is 10.2. The highest BCUT2D eigenvalue weighted by atomic mass is 32.2. The van der Waals surface area contributed by atoms with Crippen molar-refractivity contribution in [3.05, 3.63) is 65.2 Å². The fourth-order valence-corrected chi connectivity index (χ4v) is 5.07. The Hall–Kier alpha value is -2.26. The lowest BCUT2D eigenvalue weighted by Crippen LogP contribution is -2.43. The highest BCUT2D eigenvalue weighted by Gasteiger charge is 2.46. The van der Waals surface area contributed by atoms with Crippen molar-refractivity contribution in [3.8, 4) is 0 Å². The standard InChI is InChI=1S/C19H17F8NO4S2/c20-14-4-8-17(21)12(11-14)1-5-15(28-34(31,32)19(25,26)27)9-10-33(29,30)16-6-2-13(3-7-16)18(22,23)24/h2-4,6-8,11,15,28H,1,5,9-10H2/t15-/m0/s1. The maximum Gasteiger partial charge on any atom is 0.511 e. The largest absolute Gasteiger partial charge is 0.511 e. The number of aryl methyl sites for hydroxylation is 1. The minimum absolute atomic E-state index is 0.276. The molecule has 0 fully saturated rings. The van der Waals surface area contributed by atoms with Gasteiger partial charge in [-0.15, -0.1) is 0 Å². The predicted octanol–water partition coefficient (Wildman–Crippen LogP) is 4.59. The first-order chi connectivity index (χ1) is 15.4. The second-order valence-corrected chi connectivity index (χ2v) is 11.0. The van der Waals surface area contributed by atoms with E-state index in [4.69, 9.17) is 0 Å². The van der Waals surface area contributed by atoms with E-state index in [1.54, 1.807) is 0 Å². The van der Waals surface area contributed by atoms with Gasteiger partial charge in [0, 0.05) is 6.04 Å². The zero-order chi connectivity index (χ0) is 25.9. The molecular weight excluding hydrogens is 522 g/mol. The number of alkyl halides is 6. The van der Waals surface area contributed by atoms with Crippen molar-refractivity contribution in [2.45, 2.75) is 41.9 Å². The number of rotatable bonds is 9. The molecule has 0 bridgehead atoms. The summed E-state index contributed by atoms with van der Waals surface area (Å²) in [4.78, 5) is -0.561. The van der Waals surface area contributed by atoms with Crippen LogP contribution in [-0.4, -0.2) is 34.1 Å². The Kier molecular flexibility index (Phi) is 8.36. The molecule has 1 atom stereocenters. The summed E-state index contributed by atoms with van der Waals surface area (Å²) in [6, 6.07) is 2.97. The molecule has 0 unspecified atom stereocenters. The average molecular weight is 539 g/mol. The first kappa shape index (κ1) is 28.0. The predicted molar refractivity (Wildman–Crippen MR) is 105 cm³/mol. The van der Waals surface area contributed by atoms with Gasteiger partial charge < -0.3 is 0 Å². The van der Waals surface area contributed by atoms with Crippen molar-refractivity contribution >= 4 is 19.9 Å². The van der Waals surface area contributed by atoms with E-state index in [1.165, 1.54) is 4.72 Å². The molecule has 0 saturated heterocycles. The third kappa shape index (κ3) is 7.37. The highest BCUT2D eigenvalue weighted by Crippen LogP contribution is 2.30. The van der Waals surface area contributed by atoms with Gasteiger partial charge in [0.25, 0.3) is 0 Å². The minimum Gasteiger partial charge on any atom is -0.224 e. The lowest BCUT2D eigenvalue weighted by atomic mass is 10.0. The van der Waals surface area contributed by atoms with Crippen LogP contribution < -0.4 is 4.72 Å². The van der Waals surface area contributed by atoms with Crippen molar-refractivity contribution in [2.24, 2.45) is 0 Å². The fraction of sp³-hybridized carbons (Fsp3) is 0.368. The molecule has 0 saturated carbocycles. The third-order valence-electron chi connectivity index (χ3n) is 4.67. The molecule has 0 spiro atoms. The van der Waals surface area contributed by atoms with Crippen LogP contribution >= 0.6 is 0 Å². The first-order valence-corrected chi connectivity index (χ1v) is 12.5. The van der Waals surface area contributed by atoms with E-state index in [-0.39, 0.29) is 5.56 Å². The molecule has 0 heterocycles. The maximum absolute atomic E-state index is 13.8. The monoisotopic (exact) mass is 539 g/mol. The fourth-order valence-electron chi connectivity index (χ4n) is 2.88. The summed E-state index contributed by atoms with van der Waals surface area (Å²) in [5.74, 6) is -2.69. The molecule has 0 amide bonds. The van der Waals surface area contributed by atoms with Crippen LogP contribution in [-0.2, 0) is 32.5 Å². The summed E-state index contributed by atoms with van der Waals surface area (Å²) in [6.45, 7) is 0. The second-order valence-electron chi connectivity index (χ2n) is 7.17. The smallest absolute Gasteiger partial charge is 0.224 e. The quantitative estimate of drug-likeness (QED) is 0.473. The molecule has 0 aliphatic carbocycles. The van der Waals surface area contributed by atoms with Crippen LogP contribution in [0, 0.1) is 11.6 Å². The molecule has 15 heteroatoms. The SMILES string of the molecule is O=S(=O)(CC[C@H](CCc1cc(F)ccc1F)NS(=O)(=O)C(F)(F)F)c1ccc(C(F)(F)F)cc1. The molecule has 0 radical (unpaired) electrons. The van der Waals surface area contributed by atoms with Crippen molar-refractivity contribution in [1.29, 1.82) is 0 Å². The molecule has 0 aromatic heterocycles. The van der Waals surface area contributed by atoms with Crippen LogP contribution in [0.4, 0.5) is 35.1 Å². The van der Waals surface area contributed by atoms with Gasteiger partial charge in [0.1, 0.15) is 11.6 Å². The first-order valence-electron chi connectivity index (χ1n) is 9.35. The zero-order valence-corrected chi connectivity index (χ0v) is 18.6. The van der Waals surface area contributed by atoms with E-state index in [0.29, 0.717) is 24.3 Å². The number of hydrogen-bond acceptors (Lipinski definition) is 4. The maximum atomic E-state index is 13.8. The van der Waals surface area contributed by atoms with Crippen molar-refractivity contribution < 1.29 is 52.0 Å². The number of nitrogens with one attached hydrogen (secondary N) is 1. The van der Waals surface area contributed by atoms with Crippen LogP contribution in [0.2, 0.25) is 0 Å². The summed E-state index contributed by atoms with van der Waals surface area (Å²) in [5, 5.41) is 0. The summed E-state index contributed by atoms with van der Waals surface area (Å²) in [5.41, 5.74) is -7.12. The van der Waals surface area contributed by atoms with E-state index < -0.39 is 84.7 Å². The van der Waals surface area contributed by atoms with Gasteiger partial charge in [-0.25, -0.2) is 30.3 Å². The molecule has 0 aliphatic heterocycles. The molecule has 5 nitrogen and oxygen atoms in total. The topological polar surface area (TPSA) is 80.3 Å². The van der Waals surface area contributed by atoms with Gasteiger partial charge in [-0.05, 0) is 67.3 Å². The Morgan fingerprint density at radius 2 is 1.41 bits per heavy atom. The molecular formula is C19H17F8NO4S2. The zero-order valence-electron chi connectivity index (χ0n) is 16.9. The van der Waals surface area contributed by atoms with E-state index >= 15 is 0 Å². The van der Waals surface area contributed by atoms with Gasteiger partial charge in [-0.3, -0.25) is 0 Å². The Labute approximate surface area is 189 Å². The van der Waals surface area contributed by atoms with E-state index in [1.807, 2.05) is 0 Å². The molecule has 2 rings (SSSR count). The minimum atomic E-state index is -5.91. The number of sulfonamides is 1. The Morgan fingerprint density at radius 1 is 0.824 bits per heavy atom. The summed E-state index contributed by atoms with van der Waals surface area (Å²) < 4.78 is 153. The highest BCUT2D eigenvalue weighted by molar-refractivity contribution is 7.91. The van der Waals surface area contributed by atoms with Crippen LogP contribution in [0.5, 0.6) is 0 Å².